The number of rotatable bonds is 4. The number of hydrogen-bond donors (Lipinski definition) is 2. The molecule has 2 saturated heterocycles. The zero-order valence-corrected chi connectivity index (χ0v) is 17.4. The highest BCUT2D eigenvalue weighted by Gasteiger charge is 2.32. The smallest absolute Gasteiger partial charge is 0.325 e. The van der Waals surface area contributed by atoms with Crippen LogP contribution in [-0.4, -0.2) is 72.6 Å². The summed E-state index contributed by atoms with van der Waals surface area (Å²) >= 11 is 0. The molecule has 0 saturated carbocycles. The zero-order chi connectivity index (χ0) is 21.0. The van der Waals surface area contributed by atoms with Crippen molar-refractivity contribution in [1.82, 2.24) is 15.1 Å². The first-order chi connectivity index (χ1) is 13.8. The molecular formula is C21H30N4O4. The summed E-state index contributed by atoms with van der Waals surface area (Å²) in [6, 6.07) is 4.70. The van der Waals surface area contributed by atoms with Gasteiger partial charge in [0.05, 0.1) is 6.04 Å². The van der Waals surface area contributed by atoms with Crippen molar-refractivity contribution < 1.29 is 19.1 Å². The second kappa shape index (κ2) is 9.37. The number of nitrogens with zero attached hydrogens (tertiary/aromatic N) is 2. The van der Waals surface area contributed by atoms with E-state index in [0.29, 0.717) is 38.5 Å². The Balaban J connectivity index is 1.46. The molecule has 1 aromatic rings. The Morgan fingerprint density at radius 3 is 2.48 bits per heavy atom. The highest BCUT2D eigenvalue weighted by Crippen LogP contribution is 2.17. The predicted molar refractivity (Wildman–Crippen MR) is 110 cm³/mol. The maximum atomic E-state index is 12.5. The van der Waals surface area contributed by atoms with Gasteiger partial charge >= 0.3 is 6.03 Å². The van der Waals surface area contributed by atoms with Crippen LogP contribution in [0.4, 0.5) is 10.5 Å². The molecule has 2 aliphatic rings. The van der Waals surface area contributed by atoms with Crippen LogP contribution in [0.2, 0.25) is 0 Å². The van der Waals surface area contributed by atoms with Crippen molar-refractivity contribution in [3.8, 4) is 0 Å². The number of ether oxygens (including phenoxy) is 1. The molecule has 2 N–H and O–H groups in total. The zero-order valence-electron chi connectivity index (χ0n) is 17.4. The molecule has 2 unspecified atom stereocenters. The highest BCUT2D eigenvalue weighted by atomic mass is 16.5. The van der Waals surface area contributed by atoms with E-state index in [2.05, 4.69) is 10.6 Å². The third kappa shape index (κ3) is 5.33. The number of nitrogens with one attached hydrogen (secondary N) is 2. The summed E-state index contributed by atoms with van der Waals surface area (Å²) < 4.78 is 5.47. The number of urea groups is 1. The van der Waals surface area contributed by atoms with Crippen LogP contribution >= 0.6 is 0 Å². The molecule has 0 aromatic heterocycles. The van der Waals surface area contributed by atoms with Crippen molar-refractivity contribution in [2.24, 2.45) is 0 Å². The fourth-order valence-electron chi connectivity index (χ4n) is 3.80. The van der Waals surface area contributed by atoms with Gasteiger partial charge in [-0.05, 0) is 45.2 Å². The summed E-state index contributed by atoms with van der Waals surface area (Å²) in [6.45, 7) is 8.61. The number of carbonyl (C=O) groups is 3. The Bertz CT molecular complexity index is 768. The van der Waals surface area contributed by atoms with Crippen LogP contribution in [-0.2, 0) is 14.3 Å². The Morgan fingerprint density at radius 2 is 1.86 bits per heavy atom. The average molecular weight is 402 g/mol. The molecule has 0 spiro atoms. The summed E-state index contributed by atoms with van der Waals surface area (Å²) in [7, 11) is 0. The number of aryl methyl sites for hydroxylation is 2. The van der Waals surface area contributed by atoms with Gasteiger partial charge in [-0.25, -0.2) is 4.79 Å². The van der Waals surface area contributed by atoms with Crippen molar-refractivity contribution in [3.05, 3.63) is 29.3 Å². The fourth-order valence-corrected chi connectivity index (χ4v) is 3.80. The molecule has 0 radical (unpaired) electrons. The van der Waals surface area contributed by atoms with E-state index >= 15 is 0 Å². The van der Waals surface area contributed by atoms with Gasteiger partial charge in [0.25, 0.3) is 5.91 Å². The first-order valence-electron chi connectivity index (χ1n) is 10.2. The molecule has 2 atom stereocenters. The molecule has 3 rings (SSSR count). The monoisotopic (exact) mass is 402 g/mol. The van der Waals surface area contributed by atoms with Crippen LogP contribution in [0.1, 0.15) is 30.9 Å². The minimum atomic E-state index is -0.541. The second-order valence-electron chi connectivity index (χ2n) is 7.80. The van der Waals surface area contributed by atoms with Gasteiger partial charge in [0.15, 0.2) is 0 Å². The first-order valence-corrected chi connectivity index (χ1v) is 10.2. The number of carbonyl (C=O) groups excluding carboxylic acids is 3. The highest BCUT2D eigenvalue weighted by molar-refractivity contribution is 6.03. The van der Waals surface area contributed by atoms with Gasteiger partial charge in [0.1, 0.15) is 6.10 Å². The molecule has 158 valence electrons. The van der Waals surface area contributed by atoms with E-state index in [1.807, 2.05) is 41.8 Å². The SMILES string of the molecule is Cc1ccc(NC(=O)NC(=O)C(C)N2CCN(C(=O)C3CCCO3)CC2)c(C)c1. The van der Waals surface area contributed by atoms with Crippen LogP contribution in [0.15, 0.2) is 18.2 Å². The lowest BCUT2D eigenvalue weighted by atomic mass is 10.1. The van der Waals surface area contributed by atoms with Crippen LogP contribution in [0, 0.1) is 13.8 Å². The molecule has 29 heavy (non-hydrogen) atoms. The Kier molecular flexibility index (Phi) is 6.87. The largest absolute Gasteiger partial charge is 0.368 e. The molecule has 0 bridgehead atoms. The lowest BCUT2D eigenvalue weighted by Crippen LogP contribution is -2.56. The quantitative estimate of drug-likeness (QED) is 0.799. The molecule has 8 heteroatoms. The standard InChI is InChI=1S/C21H30N4O4/c1-14-6-7-17(15(2)13-14)22-21(28)23-19(26)16(3)24-8-10-25(11-9-24)20(27)18-5-4-12-29-18/h6-7,13,16,18H,4-5,8-12H2,1-3H3,(H2,22,23,26,28). The summed E-state index contributed by atoms with van der Waals surface area (Å²) in [5.41, 5.74) is 2.72. The predicted octanol–water partition coefficient (Wildman–Crippen LogP) is 1.66. The molecule has 2 aliphatic heterocycles. The number of amides is 4. The third-order valence-corrected chi connectivity index (χ3v) is 5.63. The van der Waals surface area contributed by atoms with E-state index in [9.17, 15) is 14.4 Å². The van der Waals surface area contributed by atoms with Crippen molar-refractivity contribution in [2.75, 3.05) is 38.1 Å². The van der Waals surface area contributed by atoms with Gasteiger partial charge in [0, 0.05) is 38.5 Å². The number of piperazine rings is 1. The summed E-state index contributed by atoms with van der Waals surface area (Å²) in [5.74, 6) is -0.307. The maximum Gasteiger partial charge on any atom is 0.325 e. The summed E-state index contributed by atoms with van der Waals surface area (Å²) in [4.78, 5) is 40.9. The average Bonchev–Trinajstić information content (AvgIpc) is 3.24. The lowest BCUT2D eigenvalue weighted by Gasteiger charge is -2.38. The summed E-state index contributed by atoms with van der Waals surface area (Å²) in [5, 5.41) is 5.14. The molecule has 1 aromatic carbocycles. The lowest BCUT2D eigenvalue weighted by molar-refractivity contribution is -0.143. The van der Waals surface area contributed by atoms with Crippen molar-refractivity contribution in [2.45, 2.75) is 45.8 Å². The molecule has 4 amide bonds. The Morgan fingerprint density at radius 1 is 1.14 bits per heavy atom. The number of hydrogen-bond acceptors (Lipinski definition) is 5. The summed E-state index contributed by atoms with van der Waals surface area (Å²) in [6.07, 6.45) is 1.40. The van der Waals surface area contributed by atoms with Crippen molar-refractivity contribution >= 4 is 23.5 Å². The molecule has 8 nitrogen and oxygen atoms in total. The topological polar surface area (TPSA) is 91.0 Å². The van der Waals surface area contributed by atoms with Gasteiger partial charge in [0.2, 0.25) is 5.91 Å². The second-order valence-corrected chi connectivity index (χ2v) is 7.80. The first kappa shape index (κ1) is 21.3. The minimum Gasteiger partial charge on any atom is -0.368 e. The minimum absolute atomic E-state index is 0.0482. The number of imide groups is 1. The van der Waals surface area contributed by atoms with Crippen molar-refractivity contribution in [1.29, 1.82) is 0 Å². The third-order valence-electron chi connectivity index (χ3n) is 5.63. The molecule has 2 fully saturated rings. The Labute approximate surface area is 171 Å². The van der Waals surface area contributed by atoms with Crippen molar-refractivity contribution in [3.63, 3.8) is 0 Å². The van der Waals surface area contributed by atoms with E-state index < -0.39 is 12.1 Å². The van der Waals surface area contributed by atoms with Crippen LogP contribution in [0.5, 0.6) is 0 Å². The van der Waals surface area contributed by atoms with Crippen LogP contribution in [0.3, 0.4) is 0 Å². The van der Waals surface area contributed by atoms with E-state index in [4.69, 9.17) is 4.74 Å². The van der Waals surface area contributed by atoms with E-state index in [-0.39, 0.29) is 17.9 Å². The normalized spacial score (nSPS) is 20.9. The van der Waals surface area contributed by atoms with Gasteiger partial charge in [-0.15, -0.1) is 0 Å². The van der Waals surface area contributed by atoms with Gasteiger partial charge in [-0.2, -0.15) is 0 Å². The molecule has 0 aliphatic carbocycles. The van der Waals surface area contributed by atoms with Crippen LogP contribution in [0.25, 0.3) is 0 Å². The van der Waals surface area contributed by atoms with E-state index in [1.54, 1.807) is 6.92 Å². The van der Waals surface area contributed by atoms with Gasteiger partial charge < -0.3 is 15.0 Å². The van der Waals surface area contributed by atoms with E-state index in [1.165, 1.54) is 0 Å². The molecular weight excluding hydrogens is 372 g/mol. The van der Waals surface area contributed by atoms with Gasteiger partial charge in [-0.1, -0.05) is 17.7 Å². The fraction of sp³-hybridized carbons (Fsp3) is 0.571. The Hall–Kier alpha value is -2.45. The molecule has 2 heterocycles. The van der Waals surface area contributed by atoms with Crippen LogP contribution < -0.4 is 10.6 Å². The maximum absolute atomic E-state index is 12.5. The van der Waals surface area contributed by atoms with E-state index in [0.717, 1.165) is 24.0 Å². The number of anilines is 1. The number of benzene rings is 1. The van der Waals surface area contributed by atoms with Gasteiger partial charge in [-0.3, -0.25) is 19.8 Å².